The third-order valence-corrected chi connectivity index (χ3v) is 4.46. The van der Waals surface area contributed by atoms with Crippen LogP contribution in [0.15, 0.2) is 30.3 Å². The lowest BCUT2D eigenvalue weighted by Crippen LogP contribution is -2.31. The van der Waals surface area contributed by atoms with E-state index in [1.54, 1.807) is 12.1 Å². The molecule has 1 aliphatic carbocycles. The maximum absolute atomic E-state index is 13.3. The van der Waals surface area contributed by atoms with Crippen molar-refractivity contribution in [2.45, 2.75) is 25.8 Å². The minimum absolute atomic E-state index is 0.102. The Morgan fingerprint density at radius 1 is 1.21 bits per heavy atom. The van der Waals surface area contributed by atoms with E-state index < -0.39 is 0 Å². The average molecular weight is 328 g/mol. The van der Waals surface area contributed by atoms with Crippen LogP contribution in [0.4, 0.5) is 14.9 Å². The van der Waals surface area contributed by atoms with Crippen LogP contribution in [-0.4, -0.2) is 12.8 Å². The molecule has 124 valence electrons. The van der Waals surface area contributed by atoms with Crippen molar-refractivity contribution >= 4 is 11.7 Å². The third kappa shape index (κ3) is 2.64. The molecule has 0 spiro atoms. The van der Waals surface area contributed by atoms with Gasteiger partial charge in [0, 0.05) is 11.8 Å². The highest BCUT2D eigenvalue weighted by atomic mass is 19.1. The third-order valence-electron chi connectivity index (χ3n) is 4.46. The Kier molecular flexibility index (Phi) is 3.52. The molecule has 0 saturated carbocycles. The predicted molar refractivity (Wildman–Crippen MR) is 86.9 cm³/mol. The Balaban J connectivity index is 1.47. The van der Waals surface area contributed by atoms with Gasteiger partial charge in [0.05, 0.1) is 6.04 Å². The van der Waals surface area contributed by atoms with Crippen LogP contribution in [0.3, 0.4) is 0 Å². The molecule has 2 aromatic rings. The first-order valence-electron chi connectivity index (χ1n) is 7.86. The van der Waals surface area contributed by atoms with E-state index in [2.05, 4.69) is 10.6 Å². The smallest absolute Gasteiger partial charge is 0.319 e. The van der Waals surface area contributed by atoms with Gasteiger partial charge < -0.3 is 20.1 Å². The van der Waals surface area contributed by atoms with E-state index in [4.69, 9.17) is 9.47 Å². The summed E-state index contributed by atoms with van der Waals surface area (Å²) in [5.41, 5.74) is 3.51. The van der Waals surface area contributed by atoms with Crippen molar-refractivity contribution in [2.75, 3.05) is 12.1 Å². The lowest BCUT2D eigenvalue weighted by Gasteiger charge is -2.16. The van der Waals surface area contributed by atoms with Gasteiger partial charge in [-0.2, -0.15) is 0 Å². The fourth-order valence-corrected chi connectivity index (χ4v) is 3.23. The number of fused-ring (bicyclic) bond motifs is 2. The first-order valence-corrected chi connectivity index (χ1v) is 7.86. The van der Waals surface area contributed by atoms with E-state index >= 15 is 0 Å². The summed E-state index contributed by atoms with van der Waals surface area (Å²) in [6.07, 6.45) is 1.54. The standard InChI is InChI=1S/C18H17FN2O3/c1-10-6-16-17(24-9-23-16)8-15(10)21-18(22)20-14-5-2-11-7-12(19)3-4-13(11)14/h3-4,6-8,14H,2,5,9H2,1H3,(H2,20,21,22)/t14-/m0/s1. The zero-order valence-corrected chi connectivity index (χ0v) is 13.2. The van der Waals surface area contributed by atoms with Gasteiger partial charge in [-0.05, 0) is 54.7 Å². The summed E-state index contributed by atoms with van der Waals surface area (Å²) in [6.45, 7) is 2.09. The van der Waals surface area contributed by atoms with Gasteiger partial charge in [-0.1, -0.05) is 6.07 Å². The maximum atomic E-state index is 13.3. The van der Waals surface area contributed by atoms with Crippen molar-refractivity contribution in [3.63, 3.8) is 0 Å². The van der Waals surface area contributed by atoms with Crippen molar-refractivity contribution in [1.29, 1.82) is 0 Å². The van der Waals surface area contributed by atoms with E-state index in [1.165, 1.54) is 12.1 Å². The van der Waals surface area contributed by atoms with E-state index in [-0.39, 0.29) is 24.7 Å². The highest BCUT2D eigenvalue weighted by Crippen LogP contribution is 2.37. The zero-order chi connectivity index (χ0) is 16.7. The lowest BCUT2D eigenvalue weighted by molar-refractivity contribution is 0.174. The van der Waals surface area contributed by atoms with Crippen LogP contribution in [0, 0.1) is 12.7 Å². The molecule has 0 unspecified atom stereocenters. The summed E-state index contributed by atoms with van der Waals surface area (Å²) in [5, 5.41) is 5.80. The van der Waals surface area contributed by atoms with Gasteiger partial charge in [0.25, 0.3) is 0 Å². The van der Waals surface area contributed by atoms with Gasteiger partial charge in [0.2, 0.25) is 6.79 Å². The van der Waals surface area contributed by atoms with Crippen LogP contribution < -0.4 is 20.1 Å². The molecule has 2 aliphatic rings. The molecule has 0 radical (unpaired) electrons. The van der Waals surface area contributed by atoms with Gasteiger partial charge in [0.1, 0.15) is 5.82 Å². The molecule has 2 N–H and O–H groups in total. The molecule has 6 heteroatoms. The number of carbonyl (C=O) groups excluding carboxylic acids is 1. The number of rotatable bonds is 2. The molecular formula is C18H17FN2O3. The van der Waals surface area contributed by atoms with Crippen LogP contribution in [-0.2, 0) is 6.42 Å². The summed E-state index contributed by atoms with van der Waals surface area (Å²) < 4.78 is 23.9. The lowest BCUT2D eigenvalue weighted by atomic mass is 10.1. The van der Waals surface area contributed by atoms with Gasteiger partial charge in [0.15, 0.2) is 11.5 Å². The number of benzene rings is 2. The summed E-state index contributed by atoms with van der Waals surface area (Å²) in [5.74, 6) is 1.07. The van der Waals surface area contributed by atoms with Gasteiger partial charge in [-0.15, -0.1) is 0 Å². The highest BCUT2D eigenvalue weighted by Gasteiger charge is 2.25. The average Bonchev–Trinajstić information content (AvgIpc) is 3.14. The summed E-state index contributed by atoms with van der Waals surface area (Å²) in [4.78, 5) is 12.3. The molecule has 2 amide bonds. The predicted octanol–water partition coefficient (Wildman–Crippen LogP) is 3.67. The number of hydrogen-bond donors (Lipinski definition) is 2. The number of anilines is 1. The Labute approximate surface area is 138 Å². The van der Waals surface area contributed by atoms with E-state index in [1.807, 2.05) is 13.0 Å². The number of carbonyl (C=O) groups is 1. The summed E-state index contributed by atoms with van der Waals surface area (Å²) in [7, 11) is 0. The van der Waals surface area contributed by atoms with Crippen molar-refractivity contribution in [1.82, 2.24) is 5.32 Å². The van der Waals surface area contributed by atoms with E-state index in [0.29, 0.717) is 17.2 Å². The van der Waals surface area contributed by atoms with Crippen LogP contribution >= 0.6 is 0 Å². The molecule has 0 fully saturated rings. The van der Waals surface area contributed by atoms with E-state index in [0.717, 1.165) is 29.5 Å². The molecule has 1 heterocycles. The normalized spacial score (nSPS) is 17.5. The highest BCUT2D eigenvalue weighted by molar-refractivity contribution is 5.91. The number of ether oxygens (including phenoxy) is 2. The number of amides is 2. The van der Waals surface area contributed by atoms with Crippen molar-refractivity contribution in [3.05, 3.63) is 52.8 Å². The van der Waals surface area contributed by atoms with Crippen LogP contribution in [0.5, 0.6) is 11.5 Å². The van der Waals surface area contributed by atoms with Crippen molar-refractivity contribution in [2.24, 2.45) is 0 Å². The Hall–Kier alpha value is -2.76. The minimum atomic E-state index is -0.292. The number of hydrogen-bond acceptors (Lipinski definition) is 3. The topological polar surface area (TPSA) is 59.6 Å². The first kappa shape index (κ1) is 14.8. The molecule has 1 atom stereocenters. The van der Waals surface area contributed by atoms with Gasteiger partial charge in [-0.3, -0.25) is 0 Å². The Morgan fingerprint density at radius 2 is 2.00 bits per heavy atom. The zero-order valence-electron chi connectivity index (χ0n) is 13.2. The molecule has 4 rings (SSSR count). The van der Waals surface area contributed by atoms with Gasteiger partial charge in [-0.25, -0.2) is 9.18 Å². The molecule has 0 saturated heterocycles. The van der Waals surface area contributed by atoms with Crippen molar-refractivity contribution in [3.8, 4) is 11.5 Å². The molecule has 0 aromatic heterocycles. The fraction of sp³-hybridized carbons (Fsp3) is 0.278. The molecule has 1 aliphatic heterocycles. The van der Waals surface area contributed by atoms with Crippen molar-refractivity contribution < 1.29 is 18.7 Å². The maximum Gasteiger partial charge on any atom is 0.319 e. The van der Waals surface area contributed by atoms with Crippen LogP contribution in [0.25, 0.3) is 0 Å². The number of nitrogens with one attached hydrogen (secondary N) is 2. The van der Waals surface area contributed by atoms with Gasteiger partial charge >= 0.3 is 6.03 Å². The fourth-order valence-electron chi connectivity index (χ4n) is 3.23. The summed E-state index contributed by atoms with van der Waals surface area (Å²) in [6, 6.07) is 7.92. The molecule has 24 heavy (non-hydrogen) atoms. The second-order valence-electron chi connectivity index (χ2n) is 6.05. The van der Waals surface area contributed by atoms with E-state index in [9.17, 15) is 9.18 Å². The first-order chi connectivity index (χ1) is 11.6. The summed E-state index contributed by atoms with van der Waals surface area (Å²) >= 11 is 0. The molecule has 0 bridgehead atoms. The number of aryl methyl sites for hydroxylation is 2. The minimum Gasteiger partial charge on any atom is -0.454 e. The monoisotopic (exact) mass is 328 g/mol. The SMILES string of the molecule is Cc1cc2c(cc1NC(=O)N[C@H]1CCc3cc(F)ccc31)OCO2. The number of urea groups is 1. The largest absolute Gasteiger partial charge is 0.454 e. The second-order valence-corrected chi connectivity index (χ2v) is 6.05. The molecule has 2 aromatic carbocycles. The Bertz CT molecular complexity index is 822. The van der Waals surface area contributed by atoms with Crippen LogP contribution in [0.1, 0.15) is 29.2 Å². The number of halogens is 1. The Morgan fingerprint density at radius 3 is 2.83 bits per heavy atom. The quantitative estimate of drug-likeness (QED) is 0.884. The second kappa shape index (κ2) is 5.70. The van der Waals surface area contributed by atoms with Crippen LogP contribution in [0.2, 0.25) is 0 Å². The molecule has 5 nitrogen and oxygen atoms in total. The molecular weight excluding hydrogens is 311 g/mol.